The zero-order chi connectivity index (χ0) is 20.8. The molecule has 154 valence electrons. The summed E-state index contributed by atoms with van der Waals surface area (Å²) < 4.78 is 13.5. The first kappa shape index (κ1) is 18.6. The third-order valence-corrected chi connectivity index (χ3v) is 5.90. The van der Waals surface area contributed by atoms with Gasteiger partial charge in [0.25, 0.3) is 5.56 Å². The molecule has 4 N–H and O–H groups in total. The Balaban J connectivity index is 1.54. The van der Waals surface area contributed by atoms with Crippen molar-refractivity contribution in [3.63, 3.8) is 0 Å². The summed E-state index contributed by atoms with van der Waals surface area (Å²) in [6.45, 7) is 7.30. The Bertz CT molecular complexity index is 1300. The van der Waals surface area contributed by atoms with E-state index in [2.05, 4.69) is 37.7 Å². The largest absolute Gasteiger partial charge is 0.397 e. The number of benzene rings is 2. The average Bonchev–Trinajstić information content (AvgIpc) is 3.16. The second-order valence-electron chi connectivity index (χ2n) is 7.64. The van der Waals surface area contributed by atoms with Crippen LogP contribution in [0.15, 0.2) is 41.2 Å². The minimum atomic E-state index is -0.429. The van der Waals surface area contributed by atoms with Gasteiger partial charge in [0.15, 0.2) is 0 Å². The van der Waals surface area contributed by atoms with Gasteiger partial charge in [-0.05, 0) is 42.9 Å². The third-order valence-electron chi connectivity index (χ3n) is 5.90. The SMILES string of the molecule is CCN1CCN(c2ccc3[nH]c(-c4c(N)c5ccc(F)cc5[nH]c4=O)nc3c2)CC1. The molecule has 2 aromatic heterocycles. The number of nitrogens with two attached hydrogens (primary N) is 1. The molecule has 0 aliphatic carbocycles. The van der Waals surface area contributed by atoms with Gasteiger partial charge in [-0.3, -0.25) is 4.79 Å². The summed E-state index contributed by atoms with van der Waals surface area (Å²) in [6, 6.07) is 10.2. The maximum absolute atomic E-state index is 13.5. The van der Waals surface area contributed by atoms with Crippen molar-refractivity contribution in [2.45, 2.75) is 6.92 Å². The fourth-order valence-electron chi connectivity index (χ4n) is 4.16. The van der Waals surface area contributed by atoms with Crippen LogP contribution in [0.25, 0.3) is 33.3 Å². The number of pyridine rings is 1. The number of anilines is 2. The van der Waals surface area contributed by atoms with E-state index in [1.54, 1.807) is 6.07 Å². The Morgan fingerprint density at radius 3 is 2.63 bits per heavy atom. The standard InChI is InChI=1S/C22H23FN6O/c1-2-28-7-9-29(10-8-28)14-4-6-16-18(12-14)26-21(25-16)19-20(24)15-5-3-13(23)11-17(15)27-22(19)30/h3-6,11-12H,2,7-10H2,1H3,(H,25,26)(H3,24,27,30). The Labute approximate surface area is 172 Å². The molecule has 7 nitrogen and oxygen atoms in total. The molecule has 0 atom stereocenters. The van der Waals surface area contributed by atoms with Gasteiger partial charge in [0.1, 0.15) is 17.2 Å². The lowest BCUT2D eigenvalue weighted by Gasteiger charge is -2.35. The molecule has 4 aromatic rings. The molecular formula is C22H23FN6O. The number of nitrogen functional groups attached to an aromatic ring is 1. The minimum Gasteiger partial charge on any atom is -0.397 e. The number of piperazine rings is 1. The van der Waals surface area contributed by atoms with Gasteiger partial charge in [0.2, 0.25) is 0 Å². The number of halogens is 1. The Morgan fingerprint density at radius 2 is 1.87 bits per heavy atom. The molecular weight excluding hydrogens is 383 g/mol. The van der Waals surface area contributed by atoms with Crippen molar-refractivity contribution in [2.24, 2.45) is 0 Å². The first-order valence-electron chi connectivity index (χ1n) is 10.1. The summed E-state index contributed by atoms with van der Waals surface area (Å²) in [5.41, 5.74) is 9.52. The van der Waals surface area contributed by atoms with E-state index in [0.29, 0.717) is 16.7 Å². The number of hydrogen-bond donors (Lipinski definition) is 3. The van der Waals surface area contributed by atoms with E-state index in [4.69, 9.17) is 5.73 Å². The fourth-order valence-corrected chi connectivity index (χ4v) is 4.16. The average molecular weight is 406 g/mol. The summed E-state index contributed by atoms with van der Waals surface area (Å²) in [4.78, 5) is 28.0. The van der Waals surface area contributed by atoms with E-state index in [0.717, 1.165) is 49.4 Å². The van der Waals surface area contributed by atoms with Crippen LogP contribution in [0.1, 0.15) is 6.92 Å². The molecule has 5 rings (SSSR count). The highest BCUT2D eigenvalue weighted by Crippen LogP contribution is 2.30. The highest BCUT2D eigenvalue weighted by atomic mass is 19.1. The van der Waals surface area contributed by atoms with Crippen molar-refractivity contribution in [1.29, 1.82) is 0 Å². The topological polar surface area (TPSA) is 94.0 Å². The Morgan fingerprint density at radius 1 is 1.07 bits per heavy atom. The molecule has 0 radical (unpaired) electrons. The zero-order valence-corrected chi connectivity index (χ0v) is 16.7. The first-order chi connectivity index (χ1) is 14.5. The van der Waals surface area contributed by atoms with E-state index >= 15 is 0 Å². The second kappa shape index (κ2) is 7.14. The summed E-state index contributed by atoms with van der Waals surface area (Å²) in [6.07, 6.45) is 0. The van der Waals surface area contributed by atoms with Crippen molar-refractivity contribution >= 4 is 33.3 Å². The number of imidazole rings is 1. The van der Waals surface area contributed by atoms with E-state index in [1.807, 2.05) is 12.1 Å². The highest BCUT2D eigenvalue weighted by molar-refractivity contribution is 5.97. The van der Waals surface area contributed by atoms with Gasteiger partial charge in [-0.25, -0.2) is 9.37 Å². The Hall–Kier alpha value is -3.39. The van der Waals surface area contributed by atoms with Gasteiger partial charge in [-0.15, -0.1) is 0 Å². The number of aromatic nitrogens is 3. The van der Waals surface area contributed by atoms with Crippen molar-refractivity contribution < 1.29 is 4.39 Å². The van der Waals surface area contributed by atoms with Gasteiger partial charge in [0.05, 0.1) is 22.2 Å². The van der Waals surface area contributed by atoms with Crippen LogP contribution < -0.4 is 16.2 Å². The quantitative estimate of drug-likeness (QED) is 0.486. The first-order valence-corrected chi connectivity index (χ1v) is 10.1. The van der Waals surface area contributed by atoms with Crippen LogP contribution in [0.2, 0.25) is 0 Å². The van der Waals surface area contributed by atoms with Gasteiger partial charge in [-0.1, -0.05) is 6.92 Å². The summed E-state index contributed by atoms with van der Waals surface area (Å²) >= 11 is 0. The lowest BCUT2D eigenvalue weighted by Crippen LogP contribution is -2.46. The van der Waals surface area contributed by atoms with Crippen LogP contribution >= 0.6 is 0 Å². The smallest absolute Gasteiger partial charge is 0.261 e. The molecule has 1 aliphatic heterocycles. The van der Waals surface area contributed by atoms with Crippen LogP contribution in [0.3, 0.4) is 0 Å². The summed E-state index contributed by atoms with van der Waals surface area (Å²) in [7, 11) is 0. The lowest BCUT2D eigenvalue weighted by atomic mass is 10.1. The van der Waals surface area contributed by atoms with Crippen LogP contribution in [0, 0.1) is 5.82 Å². The molecule has 0 amide bonds. The van der Waals surface area contributed by atoms with E-state index in [9.17, 15) is 9.18 Å². The summed E-state index contributed by atoms with van der Waals surface area (Å²) in [5.74, 6) is -0.0238. The van der Waals surface area contributed by atoms with Crippen LogP contribution in [0.5, 0.6) is 0 Å². The molecule has 0 bridgehead atoms. The molecule has 0 unspecified atom stereocenters. The number of rotatable bonds is 3. The molecule has 1 saturated heterocycles. The van der Waals surface area contributed by atoms with E-state index < -0.39 is 11.4 Å². The zero-order valence-electron chi connectivity index (χ0n) is 16.7. The highest BCUT2D eigenvalue weighted by Gasteiger charge is 2.19. The lowest BCUT2D eigenvalue weighted by molar-refractivity contribution is 0.271. The monoisotopic (exact) mass is 406 g/mol. The maximum Gasteiger partial charge on any atom is 0.261 e. The maximum atomic E-state index is 13.5. The third kappa shape index (κ3) is 3.09. The number of nitrogens with one attached hydrogen (secondary N) is 2. The van der Waals surface area contributed by atoms with Crippen molar-refractivity contribution in [1.82, 2.24) is 19.9 Å². The second-order valence-corrected chi connectivity index (χ2v) is 7.64. The molecule has 30 heavy (non-hydrogen) atoms. The van der Waals surface area contributed by atoms with Crippen LogP contribution in [-0.4, -0.2) is 52.6 Å². The van der Waals surface area contributed by atoms with Gasteiger partial charge < -0.3 is 25.5 Å². The van der Waals surface area contributed by atoms with Gasteiger partial charge >= 0.3 is 0 Å². The molecule has 1 aliphatic rings. The molecule has 1 fully saturated rings. The van der Waals surface area contributed by atoms with Crippen molar-refractivity contribution in [2.75, 3.05) is 43.4 Å². The molecule has 2 aromatic carbocycles. The number of likely N-dealkylation sites (N-methyl/N-ethyl adjacent to an activating group) is 1. The van der Waals surface area contributed by atoms with Crippen molar-refractivity contribution in [3.8, 4) is 11.4 Å². The number of fused-ring (bicyclic) bond motifs is 2. The molecule has 0 spiro atoms. The van der Waals surface area contributed by atoms with Gasteiger partial charge in [0, 0.05) is 37.3 Å². The normalized spacial score (nSPS) is 15.3. The van der Waals surface area contributed by atoms with Gasteiger partial charge in [-0.2, -0.15) is 0 Å². The summed E-state index contributed by atoms with van der Waals surface area (Å²) in [5, 5.41) is 0.584. The van der Waals surface area contributed by atoms with E-state index in [1.165, 1.54) is 12.1 Å². The van der Waals surface area contributed by atoms with E-state index in [-0.39, 0.29) is 11.3 Å². The molecule has 8 heteroatoms. The predicted octanol–water partition coefficient (Wildman–Crippen LogP) is 2.93. The Kier molecular flexibility index (Phi) is 4.43. The van der Waals surface area contributed by atoms with Crippen LogP contribution in [-0.2, 0) is 0 Å². The fraction of sp³-hybridized carbons (Fsp3) is 0.273. The number of H-pyrrole nitrogens is 2. The van der Waals surface area contributed by atoms with Crippen LogP contribution in [0.4, 0.5) is 15.8 Å². The molecule has 3 heterocycles. The number of aromatic amines is 2. The minimum absolute atomic E-state index is 0.267. The van der Waals surface area contributed by atoms with Crippen molar-refractivity contribution in [3.05, 3.63) is 52.6 Å². The predicted molar refractivity (Wildman–Crippen MR) is 118 cm³/mol. The molecule has 0 saturated carbocycles. The number of hydrogen-bond acceptors (Lipinski definition) is 5. The number of nitrogens with zero attached hydrogens (tertiary/aromatic N) is 3.